The van der Waals surface area contributed by atoms with Crippen molar-refractivity contribution in [2.45, 2.75) is 25.9 Å². The Kier molecular flexibility index (Phi) is 3.23. The third-order valence-corrected chi connectivity index (χ3v) is 2.92. The van der Waals surface area contributed by atoms with E-state index in [0.29, 0.717) is 11.3 Å². The zero-order valence-electron chi connectivity index (χ0n) is 9.57. The first kappa shape index (κ1) is 13.2. The summed E-state index contributed by atoms with van der Waals surface area (Å²) in [4.78, 5) is 11.5. The van der Waals surface area contributed by atoms with Crippen LogP contribution in [0.4, 0.5) is 0 Å². The molecule has 17 heavy (non-hydrogen) atoms. The van der Waals surface area contributed by atoms with Crippen LogP contribution in [0.5, 0.6) is 5.75 Å². The number of benzene rings is 1. The number of nitriles is 1. The molecule has 1 aliphatic heterocycles. The highest BCUT2D eigenvalue weighted by molar-refractivity contribution is 5.87. The molecule has 1 atom stereocenters. The molecular formula is C12H13NO4. The molecule has 0 amide bonds. The molecule has 0 fully saturated rings. The van der Waals surface area contributed by atoms with Crippen LogP contribution in [-0.4, -0.2) is 22.2 Å². The summed E-state index contributed by atoms with van der Waals surface area (Å²) in [5.41, 5.74) is 0.515. The summed E-state index contributed by atoms with van der Waals surface area (Å²) in [5, 5.41) is 18.5. The van der Waals surface area contributed by atoms with Crippen molar-refractivity contribution in [2.75, 3.05) is 0 Å². The average Bonchev–Trinajstić information content (AvgIpc) is 2.27. The molecule has 1 aliphatic rings. The second kappa shape index (κ2) is 4.17. The number of carbonyl (C=O) groups excluding carboxylic acids is 1. The smallest absolute Gasteiger partial charge is 0.359 e. The first-order valence-electron chi connectivity index (χ1n) is 4.93. The number of aryl methyl sites for hydroxylation is 1. The molecule has 1 aromatic rings. The van der Waals surface area contributed by atoms with E-state index < -0.39 is 11.6 Å². The van der Waals surface area contributed by atoms with Crippen LogP contribution in [0.2, 0.25) is 0 Å². The lowest BCUT2D eigenvalue weighted by molar-refractivity contribution is -0.151. The van der Waals surface area contributed by atoms with Crippen LogP contribution < -0.4 is 4.74 Å². The average molecular weight is 235 g/mol. The van der Waals surface area contributed by atoms with Crippen molar-refractivity contribution < 1.29 is 20.1 Å². The molecule has 0 aliphatic carbocycles. The summed E-state index contributed by atoms with van der Waals surface area (Å²) >= 11 is 0. The first-order valence-corrected chi connectivity index (χ1v) is 4.93. The second-order valence-electron chi connectivity index (χ2n) is 4.03. The molecular weight excluding hydrogens is 222 g/mol. The number of esters is 1. The fourth-order valence-corrected chi connectivity index (χ4v) is 1.74. The normalized spacial score (nSPS) is 21.9. The van der Waals surface area contributed by atoms with Crippen LogP contribution in [-0.2, 0) is 11.2 Å². The van der Waals surface area contributed by atoms with E-state index in [4.69, 9.17) is 10.00 Å². The highest BCUT2D eigenvalue weighted by atomic mass is 16.6. The monoisotopic (exact) mass is 235 g/mol. The Balaban J connectivity index is 0.00000144. The highest BCUT2D eigenvalue weighted by Gasteiger charge is 2.43. The molecule has 0 saturated carbocycles. The Morgan fingerprint density at radius 2 is 2.12 bits per heavy atom. The summed E-state index contributed by atoms with van der Waals surface area (Å²) in [5.74, 6) is -0.416. The van der Waals surface area contributed by atoms with E-state index in [9.17, 15) is 9.90 Å². The number of hydrogen-bond acceptors (Lipinski definition) is 4. The fourth-order valence-electron chi connectivity index (χ4n) is 1.74. The minimum atomic E-state index is -2.05. The van der Waals surface area contributed by atoms with Crippen molar-refractivity contribution in [2.24, 2.45) is 0 Å². The van der Waals surface area contributed by atoms with E-state index in [-0.39, 0.29) is 11.9 Å². The van der Waals surface area contributed by atoms with Gasteiger partial charge in [0.15, 0.2) is 0 Å². The predicted molar refractivity (Wildman–Crippen MR) is 59.4 cm³/mol. The van der Waals surface area contributed by atoms with Gasteiger partial charge in [0, 0.05) is 6.42 Å². The Hall–Kier alpha value is -1.90. The Labute approximate surface area is 98.6 Å². The van der Waals surface area contributed by atoms with E-state index in [1.807, 2.05) is 19.9 Å². The van der Waals surface area contributed by atoms with Gasteiger partial charge in [0.2, 0.25) is 0 Å². The van der Waals surface area contributed by atoms with Crippen molar-refractivity contribution in [3.63, 3.8) is 0 Å². The zero-order valence-corrected chi connectivity index (χ0v) is 9.57. The van der Waals surface area contributed by atoms with E-state index in [1.165, 1.54) is 0 Å². The third-order valence-electron chi connectivity index (χ3n) is 2.92. The van der Waals surface area contributed by atoms with Crippen molar-refractivity contribution in [1.29, 1.82) is 5.26 Å². The van der Waals surface area contributed by atoms with Crippen molar-refractivity contribution in [3.05, 3.63) is 28.8 Å². The van der Waals surface area contributed by atoms with Gasteiger partial charge in [0.25, 0.3) is 5.60 Å². The number of rotatable bonds is 0. The Bertz CT molecular complexity index is 518. The summed E-state index contributed by atoms with van der Waals surface area (Å²) < 4.78 is 5.04. The molecule has 90 valence electrons. The van der Waals surface area contributed by atoms with Crippen molar-refractivity contribution in [1.82, 2.24) is 0 Å². The maximum atomic E-state index is 11.5. The maximum Gasteiger partial charge on any atom is 0.359 e. The van der Waals surface area contributed by atoms with E-state index in [0.717, 1.165) is 11.1 Å². The van der Waals surface area contributed by atoms with E-state index in [2.05, 4.69) is 0 Å². The maximum absolute atomic E-state index is 11.5. The van der Waals surface area contributed by atoms with Gasteiger partial charge in [-0.3, -0.25) is 0 Å². The van der Waals surface area contributed by atoms with Gasteiger partial charge in [0.05, 0.1) is 0 Å². The second-order valence-corrected chi connectivity index (χ2v) is 4.03. The zero-order chi connectivity index (χ0) is 11.9. The van der Waals surface area contributed by atoms with Gasteiger partial charge in [0.1, 0.15) is 11.8 Å². The number of carbonyl (C=O) groups is 1. The van der Waals surface area contributed by atoms with E-state index >= 15 is 0 Å². The number of hydrogen-bond donors (Lipinski definition) is 1. The number of ether oxygens (including phenoxy) is 1. The molecule has 0 saturated heterocycles. The molecule has 1 heterocycles. The predicted octanol–water partition coefficient (Wildman–Crippen LogP) is 0.195. The van der Waals surface area contributed by atoms with Gasteiger partial charge in [-0.2, -0.15) is 5.26 Å². The van der Waals surface area contributed by atoms with Gasteiger partial charge in [-0.25, -0.2) is 4.79 Å². The molecule has 3 N–H and O–H groups in total. The first-order chi connectivity index (χ1) is 7.48. The number of fused-ring (bicyclic) bond motifs is 1. The molecule has 0 aromatic heterocycles. The fraction of sp³-hybridized carbons (Fsp3) is 0.333. The van der Waals surface area contributed by atoms with Crippen LogP contribution in [0.25, 0.3) is 0 Å². The minimum Gasteiger partial charge on any atom is -0.423 e. The number of aliphatic hydroxyl groups is 1. The van der Waals surface area contributed by atoms with Gasteiger partial charge in [-0.1, -0.05) is 12.1 Å². The summed E-state index contributed by atoms with van der Waals surface area (Å²) in [6.45, 7) is 3.76. The quantitative estimate of drug-likeness (QED) is 0.394. The van der Waals surface area contributed by atoms with Gasteiger partial charge in [-0.05, 0) is 30.5 Å². The molecule has 0 bridgehead atoms. The molecule has 0 spiro atoms. The largest absolute Gasteiger partial charge is 0.423 e. The third kappa shape index (κ3) is 1.88. The van der Waals surface area contributed by atoms with Crippen molar-refractivity contribution >= 4 is 5.97 Å². The molecule has 5 heteroatoms. The van der Waals surface area contributed by atoms with Crippen LogP contribution in [0.15, 0.2) is 12.1 Å². The van der Waals surface area contributed by atoms with Crippen molar-refractivity contribution in [3.8, 4) is 11.8 Å². The molecule has 1 aromatic carbocycles. The summed E-state index contributed by atoms with van der Waals surface area (Å²) in [7, 11) is 0. The molecule has 0 radical (unpaired) electrons. The lowest BCUT2D eigenvalue weighted by atomic mass is 9.90. The van der Waals surface area contributed by atoms with Crippen LogP contribution in [0, 0.1) is 25.2 Å². The SMILES string of the molecule is Cc1ccc2c(c1C)OC(=O)C(O)(C#N)C2.O. The van der Waals surface area contributed by atoms with Gasteiger partial charge in [-0.15, -0.1) is 0 Å². The van der Waals surface area contributed by atoms with Crippen LogP contribution in [0.1, 0.15) is 16.7 Å². The molecule has 5 nitrogen and oxygen atoms in total. The summed E-state index contributed by atoms with van der Waals surface area (Å²) in [6, 6.07) is 5.24. The lowest BCUT2D eigenvalue weighted by Gasteiger charge is -2.27. The van der Waals surface area contributed by atoms with Crippen LogP contribution in [0.3, 0.4) is 0 Å². The lowest BCUT2D eigenvalue weighted by Crippen LogP contribution is -2.45. The topological polar surface area (TPSA) is 102 Å². The molecule has 2 rings (SSSR count). The van der Waals surface area contributed by atoms with Crippen LogP contribution >= 0.6 is 0 Å². The van der Waals surface area contributed by atoms with E-state index in [1.54, 1.807) is 12.1 Å². The number of nitrogens with zero attached hydrogens (tertiary/aromatic N) is 1. The highest BCUT2D eigenvalue weighted by Crippen LogP contribution is 2.34. The van der Waals surface area contributed by atoms with Gasteiger partial charge >= 0.3 is 5.97 Å². The minimum absolute atomic E-state index is 0. The Morgan fingerprint density at radius 3 is 2.71 bits per heavy atom. The summed E-state index contributed by atoms with van der Waals surface area (Å²) in [6.07, 6.45) is -0.0151. The Morgan fingerprint density at radius 1 is 1.47 bits per heavy atom. The van der Waals surface area contributed by atoms with Gasteiger partial charge < -0.3 is 15.3 Å². The standard InChI is InChI=1S/C12H11NO3.H2O/c1-7-3-4-9-5-12(15,6-13)11(14)16-10(9)8(7)2;/h3-4,15H,5H2,1-2H3;1H2. The molecule has 1 unspecified atom stereocenters.